The highest BCUT2D eigenvalue weighted by atomic mass is 32.2. The molecule has 6 nitrogen and oxygen atoms in total. The number of sulfone groups is 1. The summed E-state index contributed by atoms with van der Waals surface area (Å²) in [5.74, 6) is 0.0706. The molecule has 1 N–H and O–H groups in total. The fourth-order valence-electron chi connectivity index (χ4n) is 3.02. The van der Waals surface area contributed by atoms with Crippen LogP contribution in [-0.2, 0) is 21.1 Å². The minimum Gasteiger partial charge on any atom is -0.352 e. The lowest BCUT2D eigenvalue weighted by Crippen LogP contribution is -2.36. The van der Waals surface area contributed by atoms with Crippen molar-refractivity contribution in [2.45, 2.75) is 32.7 Å². The zero-order valence-electron chi connectivity index (χ0n) is 13.8. The second kappa shape index (κ2) is 6.39. The fraction of sp³-hybridized carbons (Fsp3) is 0.412. The third-order valence-corrected chi connectivity index (χ3v) is 5.92. The Morgan fingerprint density at radius 2 is 2.00 bits per heavy atom. The van der Waals surface area contributed by atoms with E-state index in [4.69, 9.17) is 0 Å². The number of hydrogen-bond donors (Lipinski definition) is 1. The smallest absolute Gasteiger partial charge is 0.224 e. The van der Waals surface area contributed by atoms with Crippen LogP contribution in [0.25, 0.3) is 5.69 Å². The highest BCUT2D eigenvalue weighted by Gasteiger charge is 2.28. The molecular formula is C17H21N3O3S. The van der Waals surface area contributed by atoms with Gasteiger partial charge in [-0.2, -0.15) is 5.10 Å². The molecule has 0 saturated carbocycles. The predicted molar refractivity (Wildman–Crippen MR) is 91.9 cm³/mol. The maximum absolute atomic E-state index is 12.1. The number of hydrogen-bond acceptors (Lipinski definition) is 4. The van der Waals surface area contributed by atoms with Crippen molar-refractivity contribution in [1.29, 1.82) is 0 Å². The van der Waals surface area contributed by atoms with E-state index < -0.39 is 9.84 Å². The largest absolute Gasteiger partial charge is 0.352 e. The number of carbonyl (C=O) groups is 1. The van der Waals surface area contributed by atoms with Gasteiger partial charge >= 0.3 is 0 Å². The number of benzene rings is 1. The summed E-state index contributed by atoms with van der Waals surface area (Å²) in [4.78, 5) is 12.1. The maximum atomic E-state index is 12.1. The summed E-state index contributed by atoms with van der Waals surface area (Å²) in [5.41, 5.74) is 3.85. The van der Waals surface area contributed by atoms with E-state index in [1.807, 2.05) is 48.9 Å². The summed E-state index contributed by atoms with van der Waals surface area (Å²) >= 11 is 0. The number of aryl methyl sites for hydroxylation is 2. The van der Waals surface area contributed by atoms with Gasteiger partial charge in [0.25, 0.3) is 0 Å². The maximum Gasteiger partial charge on any atom is 0.224 e. The minimum atomic E-state index is -2.98. The Morgan fingerprint density at radius 3 is 2.54 bits per heavy atom. The van der Waals surface area contributed by atoms with Crippen molar-refractivity contribution in [1.82, 2.24) is 15.1 Å². The summed E-state index contributed by atoms with van der Waals surface area (Å²) in [7, 11) is -2.98. The van der Waals surface area contributed by atoms with Gasteiger partial charge in [0.1, 0.15) is 0 Å². The Morgan fingerprint density at radius 1 is 1.29 bits per heavy atom. The minimum absolute atomic E-state index is 0.0512. The Kier molecular flexibility index (Phi) is 4.45. The van der Waals surface area contributed by atoms with Gasteiger partial charge in [-0.25, -0.2) is 13.1 Å². The summed E-state index contributed by atoms with van der Waals surface area (Å²) in [6.07, 6.45) is 0.749. The van der Waals surface area contributed by atoms with Crippen LogP contribution in [0.4, 0.5) is 0 Å². The molecule has 1 aliphatic rings. The highest BCUT2D eigenvalue weighted by Crippen LogP contribution is 2.14. The van der Waals surface area contributed by atoms with Gasteiger partial charge in [-0.15, -0.1) is 0 Å². The Bertz CT molecular complexity index is 854. The monoisotopic (exact) mass is 347 g/mol. The predicted octanol–water partition coefficient (Wildman–Crippen LogP) is 1.33. The van der Waals surface area contributed by atoms with Crippen molar-refractivity contribution in [3.8, 4) is 5.69 Å². The van der Waals surface area contributed by atoms with Gasteiger partial charge < -0.3 is 5.32 Å². The molecule has 0 unspecified atom stereocenters. The van der Waals surface area contributed by atoms with Crippen molar-refractivity contribution in [3.63, 3.8) is 0 Å². The average molecular weight is 347 g/mol. The lowest BCUT2D eigenvalue weighted by atomic mass is 10.1. The second-order valence-electron chi connectivity index (χ2n) is 6.35. The molecule has 0 radical (unpaired) electrons. The van der Waals surface area contributed by atoms with Crippen molar-refractivity contribution in [2.24, 2.45) is 0 Å². The van der Waals surface area contributed by atoms with Crippen LogP contribution in [0.5, 0.6) is 0 Å². The van der Waals surface area contributed by atoms with E-state index >= 15 is 0 Å². The summed E-state index contributed by atoms with van der Waals surface area (Å²) in [5, 5.41) is 7.24. The highest BCUT2D eigenvalue weighted by molar-refractivity contribution is 7.91. The molecule has 0 aliphatic carbocycles. The van der Waals surface area contributed by atoms with Crippen LogP contribution in [-0.4, -0.2) is 41.7 Å². The van der Waals surface area contributed by atoms with Gasteiger partial charge in [0.15, 0.2) is 9.84 Å². The third-order valence-electron chi connectivity index (χ3n) is 4.15. The van der Waals surface area contributed by atoms with E-state index in [0.29, 0.717) is 6.42 Å². The zero-order chi connectivity index (χ0) is 17.3. The fourth-order valence-corrected chi connectivity index (χ4v) is 4.69. The van der Waals surface area contributed by atoms with Gasteiger partial charge in [0.05, 0.1) is 29.3 Å². The topological polar surface area (TPSA) is 81.1 Å². The molecule has 0 bridgehead atoms. The van der Waals surface area contributed by atoms with Crippen LogP contribution in [0, 0.1) is 13.8 Å². The SMILES string of the molecule is Cc1cc(C)n(-c2ccc(CC(=O)N[C@@H]3CCS(=O)(=O)C3)cc2)n1. The van der Waals surface area contributed by atoms with Crippen LogP contribution in [0.1, 0.15) is 23.4 Å². The number of nitrogens with one attached hydrogen (secondary N) is 1. The average Bonchev–Trinajstić information content (AvgIpc) is 3.01. The molecule has 7 heteroatoms. The Balaban J connectivity index is 1.62. The van der Waals surface area contributed by atoms with Gasteiger partial charge in [-0.3, -0.25) is 4.79 Å². The first kappa shape index (κ1) is 16.7. The Hall–Kier alpha value is -2.15. The normalized spacial score (nSPS) is 19.3. The first-order valence-corrected chi connectivity index (χ1v) is 9.77. The first-order valence-electron chi connectivity index (χ1n) is 7.95. The molecular weight excluding hydrogens is 326 g/mol. The molecule has 24 heavy (non-hydrogen) atoms. The van der Waals surface area contributed by atoms with E-state index in [-0.39, 0.29) is 29.9 Å². The molecule has 0 spiro atoms. The molecule has 128 valence electrons. The van der Waals surface area contributed by atoms with Crippen LogP contribution < -0.4 is 5.32 Å². The van der Waals surface area contributed by atoms with Gasteiger partial charge in [0, 0.05) is 11.7 Å². The first-order chi connectivity index (χ1) is 11.3. The van der Waals surface area contributed by atoms with Crippen molar-refractivity contribution in [3.05, 3.63) is 47.3 Å². The standard InChI is InChI=1S/C17H21N3O3S/c1-12-9-13(2)20(19-12)16-5-3-14(4-6-16)10-17(21)18-15-7-8-24(22,23)11-15/h3-6,9,15H,7-8,10-11H2,1-2H3,(H,18,21)/t15-/m1/s1. The molecule has 1 amide bonds. The number of carbonyl (C=O) groups excluding carboxylic acids is 1. The quantitative estimate of drug-likeness (QED) is 0.905. The lowest BCUT2D eigenvalue weighted by molar-refractivity contribution is -0.120. The van der Waals surface area contributed by atoms with Gasteiger partial charge in [-0.1, -0.05) is 12.1 Å². The third kappa shape index (κ3) is 3.84. The second-order valence-corrected chi connectivity index (χ2v) is 8.58. The molecule has 1 fully saturated rings. The lowest BCUT2D eigenvalue weighted by Gasteiger charge is -2.11. The molecule has 1 aliphatic heterocycles. The van der Waals surface area contributed by atoms with Crippen molar-refractivity contribution < 1.29 is 13.2 Å². The summed E-state index contributed by atoms with van der Waals surface area (Å²) in [6.45, 7) is 3.95. The van der Waals surface area contributed by atoms with E-state index in [1.165, 1.54) is 0 Å². The van der Waals surface area contributed by atoms with Crippen LogP contribution in [0.15, 0.2) is 30.3 Å². The van der Waals surface area contributed by atoms with Gasteiger partial charge in [-0.05, 0) is 44.0 Å². The number of rotatable bonds is 4. The van der Waals surface area contributed by atoms with Gasteiger partial charge in [0.2, 0.25) is 5.91 Å². The summed E-state index contributed by atoms with van der Waals surface area (Å²) < 4.78 is 24.7. The Labute approximate surface area is 141 Å². The van der Waals surface area contributed by atoms with Crippen molar-refractivity contribution in [2.75, 3.05) is 11.5 Å². The summed E-state index contributed by atoms with van der Waals surface area (Å²) in [6, 6.07) is 9.42. The number of amides is 1. The molecule has 1 atom stereocenters. The molecule has 1 aromatic carbocycles. The van der Waals surface area contributed by atoms with Crippen molar-refractivity contribution >= 4 is 15.7 Å². The molecule has 2 heterocycles. The van der Waals surface area contributed by atoms with E-state index in [0.717, 1.165) is 22.6 Å². The molecule has 2 aromatic rings. The molecule has 3 rings (SSSR count). The van der Waals surface area contributed by atoms with E-state index in [2.05, 4.69) is 10.4 Å². The zero-order valence-corrected chi connectivity index (χ0v) is 14.6. The number of aromatic nitrogens is 2. The van der Waals surface area contributed by atoms with E-state index in [1.54, 1.807) is 0 Å². The molecule has 1 aromatic heterocycles. The van der Waals surface area contributed by atoms with E-state index in [9.17, 15) is 13.2 Å². The van der Waals surface area contributed by atoms with Crippen LogP contribution in [0.2, 0.25) is 0 Å². The number of nitrogens with zero attached hydrogens (tertiary/aromatic N) is 2. The molecule has 1 saturated heterocycles. The van der Waals surface area contributed by atoms with Crippen LogP contribution >= 0.6 is 0 Å². The van der Waals surface area contributed by atoms with Crippen LogP contribution in [0.3, 0.4) is 0 Å².